The van der Waals surface area contributed by atoms with E-state index in [-0.39, 0.29) is 5.92 Å². The monoisotopic (exact) mass is 580 g/mol. The second kappa shape index (κ2) is 15.6. The zero-order valence-electron chi connectivity index (χ0n) is 24.8. The Hall–Kier alpha value is -3.81. The van der Waals surface area contributed by atoms with Crippen LogP contribution >= 0.6 is 0 Å². The second-order valence-corrected chi connectivity index (χ2v) is 11.1. The first kappa shape index (κ1) is 30.6. The summed E-state index contributed by atoms with van der Waals surface area (Å²) in [6.45, 7) is 5.55. The zero-order chi connectivity index (χ0) is 29.9. The smallest absolute Gasteiger partial charge is 0.338 e. The molecule has 1 aliphatic rings. The van der Waals surface area contributed by atoms with Crippen LogP contribution in [0, 0.1) is 5.92 Å². The van der Waals surface area contributed by atoms with Crippen molar-refractivity contribution in [2.24, 2.45) is 5.92 Å². The Bertz CT molecular complexity index is 1360. The number of carbonyl (C=O) groups excluding carboxylic acids is 1. The SMILES string of the molecule is CC(C)C1O[C@H](COCc2ccccc2)[C@@H](OCc2ccccc2)[C@H](OCc2ccccc2)[C@H]1OC(=O)c1ccccc1. The van der Waals surface area contributed by atoms with Crippen LogP contribution in [-0.4, -0.2) is 43.1 Å². The Kier molecular flexibility index (Phi) is 11.1. The van der Waals surface area contributed by atoms with E-state index in [1.54, 1.807) is 12.1 Å². The van der Waals surface area contributed by atoms with Gasteiger partial charge in [-0.1, -0.05) is 123 Å². The molecule has 4 aromatic carbocycles. The van der Waals surface area contributed by atoms with Crippen molar-refractivity contribution in [3.63, 3.8) is 0 Å². The highest BCUT2D eigenvalue weighted by molar-refractivity contribution is 5.89. The van der Waals surface area contributed by atoms with Crippen LogP contribution in [0.25, 0.3) is 0 Å². The number of carbonyl (C=O) groups is 1. The molecule has 5 atom stereocenters. The van der Waals surface area contributed by atoms with Crippen LogP contribution in [0.15, 0.2) is 121 Å². The Morgan fingerprint density at radius 2 is 1.09 bits per heavy atom. The van der Waals surface area contributed by atoms with Crippen LogP contribution in [0.3, 0.4) is 0 Å². The van der Waals surface area contributed by atoms with Gasteiger partial charge in [0.15, 0.2) is 6.10 Å². The van der Waals surface area contributed by atoms with Crippen LogP contribution in [-0.2, 0) is 43.5 Å². The fourth-order valence-corrected chi connectivity index (χ4v) is 5.31. The predicted molar refractivity (Wildman–Crippen MR) is 165 cm³/mol. The maximum absolute atomic E-state index is 13.4. The van der Waals surface area contributed by atoms with Crippen molar-refractivity contribution >= 4 is 5.97 Å². The molecule has 6 heteroatoms. The first-order chi connectivity index (χ1) is 21.1. The molecule has 0 bridgehead atoms. The van der Waals surface area contributed by atoms with Gasteiger partial charge in [0.05, 0.1) is 32.0 Å². The van der Waals surface area contributed by atoms with E-state index < -0.39 is 36.5 Å². The van der Waals surface area contributed by atoms with E-state index in [9.17, 15) is 4.79 Å². The van der Waals surface area contributed by atoms with Gasteiger partial charge in [-0.2, -0.15) is 0 Å². The topological polar surface area (TPSA) is 63.2 Å². The Morgan fingerprint density at radius 1 is 0.628 bits per heavy atom. The fourth-order valence-electron chi connectivity index (χ4n) is 5.31. The minimum atomic E-state index is -0.706. The largest absolute Gasteiger partial charge is 0.453 e. The van der Waals surface area contributed by atoms with E-state index in [1.165, 1.54) is 0 Å². The minimum Gasteiger partial charge on any atom is -0.453 e. The van der Waals surface area contributed by atoms with Gasteiger partial charge in [-0.15, -0.1) is 0 Å². The van der Waals surface area contributed by atoms with Crippen molar-refractivity contribution < 1.29 is 28.5 Å². The summed E-state index contributed by atoms with van der Waals surface area (Å²) in [5, 5.41) is 0. The number of rotatable bonds is 13. The van der Waals surface area contributed by atoms with E-state index in [0.717, 1.165) is 16.7 Å². The van der Waals surface area contributed by atoms with Crippen molar-refractivity contribution in [3.05, 3.63) is 144 Å². The van der Waals surface area contributed by atoms with Crippen LogP contribution < -0.4 is 0 Å². The van der Waals surface area contributed by atoms with E-state index in [4.69, 9.17) is 23.7 Å². The third-order valence-electron chi connectivity index (χ3n) is 7.54. The molecule has 1 unspecified atom stereocenters. The molecule has 1 heterocycles. The van der Waals surface area contributed by atoms with Crippen LogP contribution in [0.1, 0.15) is 40.9 Å². The predicted octanol–water partition coefficient (Wildman–Crippen LogP) is 7.02. The summed E-state index contributed by atoms with van der Waals surface area (Å²) >= 11 is 0. The third-order valence-corrected chi connectivity index (χ3v) is 7.54. The minimum absolute atomic E-state index is 0.0306. The molecule has 0 N–H and O–H groups in total. The van der Waals surface area contributed by atoms with Gasteiger partial charge < -0.3 is 23.7 Å². The molecular weight excluding hydrogens is 540 g/mol. The van der Waals surface area contributed by atoms with Crippen molar-refractivity contribution in [1.29, 1.82) is 0 Å². The molecule has 5 rings (SSSR count). The average molecular weight is 581 g/mol. The summed E-state index contributed by atoms with van der Waals surface area (Å²) in [7, 11) is 0. The normalized spacial score (nSPS) is 21.9. The van der Waals surface area contributed by atoms with Crippen molar-refractivity contribution in [2.45, 2.75) is 64.2 Å². The van der Waals surface area contributed by atoms with Gasteiger partial charge in [-0.25, -0.2) is 4.79 Å². The van der Waals surface area contributed by atoms with Crippen LogP contribution in [0.4, 0.5) is 0 Å². The molecule has 224 valence electrons. The molecule has 0 aliphatic carbocycles. The Labute approximate surface area is 254 Å². The van der Waals surface area contributed by atoms with Gasteiger partial charge in [0.25, 0.3) is 0 Å². The van der Waals surface area contributed by atoms with Crippen LogP contribution in [0.2, 0.25) is 0 Å². The summed E-state index contributed by atoms with van der Waals surface area (Å²) in [5.41, 5.74) is 3.59. The highest BCUT2D eigenvalue weighted by atomic mass is 16.6. The number of esters is 1. The van der Waals surface area contributed by atoms with E-state index >= 15 is 0 Å². The van der Waals surface area contributed by atoms with Crippen molar-refractivity contribution in [1.82, 2.24) is 0 Å². The highest BCUT2D eigenvalue weighted by Gasteiger charge is 2.50. The quantitative estimate of drug-likeness (QED) is 0.158. The van der Waals surface area contributed by atoms with Crippen molar-refractivity contribution in [3.8, 4) is 0 Å². The van der Waals surface area contributed by atoms with Gasteiger partial charge in [0.1, 0.15) is 24.4 Å². The summed E-state index contributed by atoms with van der Waals surface area (Å²) in [5.74, 6) is -0.392. The van der Waals surface area contributed by atoms with E-state index in [0.29, 0.717) is 32.0 Å². The van der Waals surface area contributed by atoms with Gasteiger partial charge in [-0.3, -0.25) is 0 Å². The summed E-state index contributed by atoms with van der Waals surface area (Å²) in [4.78, 5) is 13.4. The zero-order valence-corrected chi connectivity index (χ0v) is 24.8. The highest BCUT2D eigenvalue weighted by Crippen LogP contribution is 2.34. The third kappa shape index (κ3) is 8.62. The number of hydrogen-bond acceptors (Lipinski definition) is 6. The fraction of sp³-hybridized carbons (Fsp3) is 0.324. The van der Waals surface area contributed by atoms with Crippen LogP contribution in [0.5, 0.6) is 0 Å². The first-order valence-corrected chi connectivity index (χ1v) is 14.9. The second-order valence-electron chi connectivity index (χ2n) is 11.1. The molecule has 0 radical (unpaired) electrons. The summed E-state index contributed by atoms with van der Waals surface area (Å²) < 4.78 is 32.4. The lowest BCUT2D eigenvalue weighted by Crippen LogP contribution is -2.62. The molecule has 4 aromatic rings. The molecular formula is C37H40O6. The van der Waals surface area contributed by atoms with E-state index in [2.05, 4.69) is 13.8 Å². The van der Waals surface area contributed by atoms with Gasteiger partial charge in [0, 0.05) is 0 Å². The molecule has 0 amide bonds. The lowest BCUT2D eigenvalue weighted by atomic mass is 9.88. The molecule has 0 spiro atoms. The number of benzene rings is 4. The maximum atomic E-state index is 13.4. The van der Waals surface area contributed by atoms with Gasteiger partial charge in [-0.05, 0) is 34.7 Å². The Morgan fingerprint density at radius 3 is 1.60 bits per heavy atom. The van der Waals surface area contributed by atoms with E-state index in [1.807, 2.05) is 109 Å². The molecule has 1 fully saturated rings. The number of ether oxygens (including phenoxy) is 5. The summed E-state index contributed by atoms with van der Waals surface area (Å²) in [6.07, 6.45) is -2.77. The lowest BCUT2D eigenvalue weighted by molar-refractivity contribution is -0.267. The number of hydrogen-bond donors (Lipinski definition) is 0. The first-order valence-electron chi connectivity index (χ1n) is 14.9. The molecule has 6 nitrogen and oxygen atoms in total. The molecule has 43 heavy (non-hydrogen) atoms. The Balaban J connectivity index is 1.44. The van der Waals surface area contributed by atoms with Gasteiger partial charge in [0.2, 0.25) is 0 Å². The van der Waals surface area contributed by atoms with Crippen molar-refractivity contribution in [2.75, 3.05) is 6.61 Å². The maximum Gasteiger partial charge on any atom is 0.338 e. The molecule has 0 aromatic heterocycles. The summed E-state index contributed by atoms with van der Waals surface area (Å²) in [6, 6.07) is 39.0. The lowest BCUT2D eigenvalue weighted by Gasteiger charge is -2.47. The standard InChI is InChI=1S/C37H40O6/c1-27(2)33-36(43-37(38)31-21-13-6-14-22-31)35(41-25-30-19-11-5-12-20-30)34(40-24-29-17-9-4-10-18-29)32(42-33)26-39-23-28-15-7-3-8-16-28/h3-22,27,32-36H,23-26H2,1-2H3/t32-,33?,34-,35+,36+/m1/s1. The van der Waals surface area contributed by atoms with Gasteiger partial charge >= 0.3 is 5.97 Å². The average Bonchev–Trinajstić information content (AvgIpc) is 3.05. The molecule has 1 aliphatic heterocycles. The molecule has 0 saturated carbocycles. The molecule has 1 saturated heterocycles.